The van der Waals surface area contributed by atoms with E-state index < -0.39 is 0 Å². The molecule has 0 radical (unpaired) electrons. The second kappa shape index (κ2) is 12.9. The van der Waals surface area contributed by atoms with Crippen molar-refractivity contribution in [3.63, 3.8) is 0 Å². The number of carbonyl (C=O) groups is 1. The minimum absolute atomic E-state index is 0. The number of rotatable bonds is 7. The summed E-state index contributed by atoms with van der Waals surface area (Å²) in [4.78, 5) is 20.7. The Morgan fingerprint density at radius 3 is 2.38 bits per heavy atom. The summed E-state index contributed by atoms with van der Waals surface area (Å²) in [6.45, 7) is 7.41. The molecule has 0 unspecified atom stereocenters. The minimum atomic E-state index is 0. The van der Waals surface area contributed by atoms with Crippen LogP contribution in [0.5, 0.6) is 5.75 Å². The summed E-state index contributed by atoms with van der Waals surface area (Å²) in [5, 5.41) is 6.70. The highest BCUT2D eigenvalue weighted by molar-refractivity contribution is 14.0. The molecule has 0 spiro atoms. The number of likely N-dealkylation sites (tertiary alicyclic amines) is 1. The van der Waals surface area contributed by atoms with Gasteiger partial charge in [0.25, 0.3) is 0 Å². The van der Waals surface area contributed by atoms with E-state index >= 15 is 0 Å². The molecule has 1 amide bonds. The lowest BCUT2D eigenvalue weighted by Crippen LogP contribution is -2.51. The number of benzene rings is 1. The lowest BCUT2D eigenvalue weighted by atomic mass is 10.0. The zero-order chi connectivity index (χ0) is 20.5. The highest BCUT2D eigenvalue weighted by Crippen LogP contribution is 2.14. The SMILES string of the molecule is COc1ccc(CN=C(NCC(=O)N(C)C)NC2CCN(C(C)C)CC2)cc1.I. The van der Waals surface area contributed by atoms with Gasteiger partial charge in [0.05, 0.1) is 20.2 Å². The quantitative estimate of drug-likeness (QED) is 0.330. The molecule has 1 fully saturated rings. The van der Waals surface area contributed by atoms with Crippen LogP contribution in [0, 0.1) is 0 Å². The summed E-state index contributed by atoms with van der Waals surface area (Å²) in [6, 6.07) is 8.83. The monoisotopic (exact) mass is 517 g/mol. The standard InChI is InChI=1S/C21H35N5O2.HI/c1-16(2)26-12-10-18(11-13-26)24-21(23-15-20(27)25(3)4)22-14-17-6-8-19(28-5)9-7-17;/h6-9,16,18H,10-15H2,1-5H3,(H2,22,23,24);1H. The van der Waals surface area contributed by atoms with Gasteiger partial charge in [0.15, 0.2) is 5.96 Å². The number of aliphatic imine (C=N–C) groups is 1. The molecule has 0 bridgehead atoms. The Morgan fingerprint density at radius 1 is 1.24 bits per heavy atom. The van der Waals surface area contributed by atoms with Crippen LogP contribution >= 0.6 is 24.0 Å². The predicted molar refractivity (Wildman–Crippen MR) is 129 cm³/mol. The van der Waals surface area contributed by atoms with Gasteiger partial charge in [-0.1, -0.05) is 12.1 Å². The molecule has 0 aliphatic carbocycles. The molecule has 1 aromatic rings. The molecule has 1 aromatic carbocycles. The molecule has 29 heavy (non-hydrogen) atoms. The van der Waals surface area contributed by atoms with Crippen molar-refractivity contribution in [2.75, 3.05) is 40.8 Å². The average Bonchev–Trinajstić information content (AvgIpc) is 2.70. The van der Waals surface area contributed by atoms with E-state index in [1.54, 1.807) is 26.1 Å². The number of halogens is 1. The van der Waals surface area contributed by atoms with E-state index in [2.05, 4.69) is 29.4 Å². The smallest absolute Gasteiger partial charge is 0.241 e. The Labute approximate surface area is 192 Å². The summed E-state index contributed by atoms with van der Waals surface area (Å²) in [5.74, 6) is 1.54. The van der Waals surface area contributed by atoms with Crippen molar-refractivity contribution < 1.29 is 9.53 Å². The number of likely N-dealkylation sites (N-methyl/N-ethyl adjacent to an activating group) is 1. The predicted octanol–water partition coefficient (Wildman–Crippen LogP) is 2.31. The maximum absolute atomic E-state index is 12.0. The first-order chi connectivity index (χ1) is 13.4. The van der Waals surface area contributed by atoms with Crippen LogP contribution < -0.4 is 15.4 Å². The van der Waals surface area contributed by atoms with Crippen molar-refractivity contribution in [2.45, 2.75) is 45.3 Å². The van der Waals surface area contributed by atoms with E-state index in [0.717, 1.165) is 37.2 Å². The molecule has 0 aromatic heterocycles. The van der Waals surface area contributed by atoms with Gasteiger partial charge in [0, 0.05) is 39.3 Å². The summed E-state index contributed by atoms with van der Waals surface area (Å²) in [7, 11) is 5.17. The van der Waals surface area contributed by atoms with Crippen molar-refractivity contribution in [1.29, 1.82) is 0 Å². The van der Waals surface area contributed by atoms with Crippen LogP contribution in [0.25, 0.3) is 0 Å². The summed E-state index contributed by atoms with van der Waals surface area (Å²) in [6.07, 6.45) is 2.14. The fourth-order valence-electron chi connectivity index (χ4n) is 3.12. The zero-order valence-electron chi connectivity index (χ0n) is 18.3. The van der Waals surface area contributed by atoms with Gasteiger partial charge in [0.2, 0.25) is 5.91 Å². The van der Waals surface area contributed by atoms with Gasteiger partial charge in [-0.3, -0.25) is 4.79 Å². The maximum Gasteiger partial charge on any atom is 0.241 e. The second-order valence-corrected chi connectivity index (χ2v) is 7.70. The van der Waals surface area contributed by atoms with E-state index in [1.165, 1.54) is 0 Å². The molecule has 1 aliphatic heterocycles. The highest BCUT2D eigenvalue weighted by Gasteiger charge is 2.21. The Hall–Kier alpha value is -1.55. The number of piperidine rings is 1. The van der Waals surface area contributed by atoms with Crippen molar-refractivity contribution >= 4 is 35.8 Å². The fraction of sp³-hybridized carbons (Fsp3) is 0.619. The van der Waals surface area contributed by atoms with Gasteiger partial charge in [-0.05, 0) is 44.4 Å². The number of nitrogens with zero attached hydrogens (tertiary/aromatic N) is 3. The number of amides is 1. The molecule has 7 nitrogen and oxygen atoms in total. The molecular formula is C21H36IN5O2. The third kappa shape index (κ3) is 8.77. The Bertz CT molecular complexity index is 641. The number of carbonyl (C=O) groups excluding carboxylic acids is 1. The van der Waals surface area contributed by atoms with Crippen LogP contribution in [0.3, 0.4) is 0 Å². The minimum Gasteiger partial charge on any atom is -0.497 e. The Kier molecular flexibility index (Phi) is 11.3. The van der Waals surface area contributed by atoms with Crippen LogP contribution in [-0.4, -0.2) is 74.6 Å². The number of hydrogen-bond acceptors (Lipinski definition) is 4. The van der Waals surface area contributed by atoms with E-state index in [0.29, 0.717) is 24.6 Å². The molecule has 0 saturated carbocycles. The van der Waals surface area contributed by atoms with Crippen LogP contribution in [0.2, 0.25) is 0 Å². The Balaban J connectivity index is 0.00000420. The third-order valence-electron chi connectivity index (χ3n) is 5.09. The van der Waals surface area contributed by atoms with Crippen molar-refractivity contribution in [3.8, 4) is 5.75 Å². The molecule has 1 aliphatic rings. The molecule has 2 N–H and O–H groups in total. The molecule has 2 rings (SSSR count). The number of ether oxygens (including phenoxy) is 1. The third-order valence-corrected chi connectivity index (χ3v) is 5.09. The fourth-order valence-corrected chi connectivity index (χ4v) is 3.12. The largest absolute Gasteiger partial charge is 0.497 e. The Morgan fingerprint density at radius 2 is 1.86 bits per heavy atom. The molecule has 1 saturated heterocycles. The van der Waals surface area contributed by atoms with Gasteiger partial charge in [-0.25, -0.2) is 4.99 Å². The van der Waals surface area contributed by atoms with Crippen LogP contribution in [-0.2, 0) is 11.3 Å². The van der Waals surface area contributed by atoms with Crippen LogP contribution in [0.4, 0.5) is 0 Å². The van der Waals surface area contributed by atoms with E-state index in [4.69, 9.17) is 9.73 Å². The van der Waals surface area contributed by atoms with Gasteiger partial charge in [0.1, 0.15) is 5.75 Å². The van der Waals surface area contributed by atoms with Crippen molar-refractivity contribution in [1.82, 2.24) is 20.4 Å². The van der Waals surface area contributed by atoms with E-state index in [9.17, 15) is 4.79 Å². The van der Waals surface area contributed by atoms with Gasteiger partial charge < -0.3 is 25.2 Å². The summed E-state index contributed by atoms with van der Waals surface area (Å²) < 4.78 is 5.20. The number of guanidine groups is 1. The topological polar surface area (TPSA) is 69.2 Å². The number of nitrogens with one attached hydrogen (secondary N) is 2. The molecule has 164 valence electrons. The summed E-state index contributed by atoms with van der Waals surface area (Å²) in [5.41, 5.74) is 1.09. The molecule has 0 atom stereocenters. The molecule has 8 heteroatoms. The summed E-state index contributed by atoms with van der Waals surface area (Å²) >= 11 is 0. The normalized spacial score (nSPS) is 15.6. The van der Waals surface area contributed by atoms with Gasteiger partial charge >= 0.3 is 0 Å². The second-order valence-electron chi connectivity index (χ2n) is 7.70. The van der Waals surface area contributed by atoms with Crippen molar-refractivity contribution in [2.24, 2.45) is 4.99 Å². The molecule has 1 heterocycles. The lowest BCUT2D eigenvalue weighted by Gasteiger charge is -2.35. The average molecular weight is 517 g/mol. The van der Waals surface area contributed by atoms with Gasteiger partial charge in [-0.15, -0.1) is 24.0 Å². The number of hydrogen-bond donors (Lipinski definition) is 2. The van der Waals surface area contributed by atoms with Crippen LogP contribution in [0.1, 0.15) is 32.3 Å². The van der Waals surface area contributed by atoms with E-state index in [1.807, 2.05) is 24.3 Å². The maximum atomic E-state index is 12.0. The van der Waals surface area contributed by atoms with Crippen molar-refractivity contribution in [3.05, 3.63) is 29.8 Å². The first kappa shape index (κ1) is 25.5. The zero-order valence-corrected chi connectivity index (χ0v) is 20.6. The van der Waals surface area contributed by atoms with E-state index in [-0.39, 0.29) is 36.4 Å². The first-order valence-corrected chi connectivity index (χ1v) is 10.0. The first-order valence-electron chi connectivity index (χ1n) is 10.0. The lowest BCUT2D eigenvalue weighted by molar-refractivity contribution is -0.127. The number of methoxy groups -OCH3 is 1. The van der Waals surface area contributed by atoms with Crippen LogP contribution in [0.15, 0.2) is 29.3 Å². The van der Waals surface area contributed by atoms with Gasteiger partial charge in [-0.2, -0.15) is 0 Å². The highest BCUT2D eigenvalue weighted by atomic mass is 127. The molecular weight excluding hydrogens is 481 g/mol.